The lowest BCUT2D eigenvalue weighted by Crippen LogP contribution is -2.28. The van der Waals surface area contributed by atoms with Crippen LogP contribution in [0.5, 0.6) is 0 Å². The summed E-state index contributed by atoms with van der Waals surface area (Å²) in [5.74, 6) is 0.339. The molecule has 0 unspecified atom stereocenters. The van der Waals surface area contributed by atoms with Gasteiger partial charge in [-0.15, -0.1) is 0 Å². The third-order valence-electron chi connectivity index (χ3n) is 12.1. The van der Waals surface area contributed by atoms with Crippen LogP contribution in [0.1, 0.15) is 104 Å². The number of fused-ring (bicyclic) bond motifs is 2. The van der Waals surface area contributed by atoms with Crippen LogP contribution in [0.3, 0.4) is 0 Å². The van der Waals surface area contributed by atoms with Gasteiger partial charge in [0.25, 0.3) is 0 Å². The average Bonchev–Trinajstić information content (AvgIpc) is 3.57. The number of nitrogens with one attached hydrogen (secondary N) is 1. The highest BCUT2D eigenvalue weighted by atomic mass is 16.6. The van der Waals surface area contributed by atoms with E-state index in [9.17, 15) is 9.59 Å². The van der Waals surface area contributed by atoms with Gasteiger partial charge in [0.05, 0.1) is 58.3 Å². The summed E-state index contributed by atoms with van der Waals surface area (Å²) in [4.78, 5) is 26.6. The van der Waals surface area contributed by atoms with E-state index in [0.717, 1.165) is 45.1 Å². The molecule has 0 aromatic heterocycles. The summed E-state index contributed by atoms with van der Waals surface area (Å²) in [5.41, 5.74) is 10.6. The Kier molecular flexibility index (Phi) is 18.1. The van der Waals surface area contributed by atoms with Crippen molar-refractivity contribution in [3.8, 4) is 0 Å². The molecule has 5 rings (SSSR count). The number of Topliss-reactive ketones (excluding diaryl/α,β-unsaturated/α-hetero) is 1. The molecule has 1 N–H and O–H groups in total. The topological polar surface area (TPSA) is 89.3 Å². The number of ether oxygens (including phenoxy) is 4. The van der Waals surface area contributed by atoms with E-state index in [1.54, 1.807) is 0 Å². The number of anilines is 1. The van der Waals surface area contributed by atoms with Gasteiger partial charge in [0, 0.05) is 66.4 Å². The lowest BCUT2D eigenvalue weighted by atomic mass is 9.81. The Bertz CT molecular complexity index is 1900. The van der Waals surface area contributed by atoms with Gasteiger partial charge in [-0.05, 0) is 74.8 Å². The van der Waals surface area contributed by atoms with Crippen LogP contribution in [0.4, 0.5) is 11.4 Å². The Balaban J connectivity index is 0.999. The molecule has 0 atom stereocenters. The van der Waals surface area contributed by atoms with Crippen LogP contribution in [0.15, 0.2) is 95.8 Å². The second-order valence-electron chi connectivity index (χ2n) is 17.6. The standard InChI is InChI=1S/C51H71N3O6/c1-39(2)46(55)27-30-57-32-34-59-36-37-60-35-33-58-31-28-52-49(56)22-9-8-14-29-54-45-21-13-11-19-43(45)51(5,6)48(54)26-24-41-17-15-16-40(38-41)23-25-47-50(3,4)42-18-10-12-20-44(42)53(47)7/h10-13,18-21,23-26,38-39H,8-9,14-17,22,27-37H2,1-7H3/p+1. The van der Waals surface area contributed by atoms with Crippen molar-refractivity contribution in [3.05, 3.63) is 107 Å². The highest BCUT2D eigenvalue weighted by Gasteiger charge is 2.42. The van der Waals surface area contributed by atoms with E-state index in [2.05, 4.69) is 128 Å². The van der Waals surface area contributed by atoms with Gasteiger partial charge in [0.2, 0.25) is 11.6 Å². The maximum atomic E-state index is 12.5. The zero-order chi connectivity index (χ0) is 43.0. The lowest BCUT2D eigenvalue weighted by molar-refractivity contribution is -0.401. The maximum absolute atomic E-state index is 12.5. The maximum Gasteiger partial charge on any atom is 0.220 e. The van der Waals surface area contributed by atoms with Gasteiger partial charge in [-0.2, -0.15) is 4.58 Å². The van der Waals surface area contributed by atoms with Crippen molar-refractivity contribution in [3.63, 3.8) is 0 Å². The highest BCUT2D eigenvalue weighted by Crippen LogP contribution is 2.48. The molecule has 326 valence electrons. The number of rotatable bonds is 25. The summed E-state index contributed by atoms with van der Waals surface area (Å²) < 4.78 is 24.4. The van der Waals surface area contributed by atoms with Crippen molar-refractivity contribution in [2.24, 2.45) is 5.92 Å². The fourth-order valence-corrected chi connectivity index (χ4v) is 8.50. The average molecular weight is 823 g/mol. The van der Waals surface area contributed by atoms with Crippen LogP contribution in [-0.4, -0.2) is 95.0 Å². The number of nitrogens with zero attached hydrogens (tertiary/aromatic N) is 2. The first-order valence-corrected chi connectivity index (χ1v) is 22.4. The second kappa shape index (κ2) is 23.2. The smallest absolute Gasteiger partial charge is 0.220 e. The largest absolute Gasteiger partial charge is 0.379 e. The van der Waals surface area contributed by atoms with Gasteiger partial charge in [0.15, 0.2) is 5.71 Å². The van der Waals surface area contributed by atoms with Crippen molar-refractivity contribution in [2.45, 2.75) is 104 Å². The SMILES string of the molecule is CC(C)C(=O)CCOCCOCCOCCOCCNC(=O)CCCCCN1/C(=C/C=C2C=C(/C=C/C3=[N+](C)c4ccccc4C3(C)C)CCC/2)C(C)(C)c2ccccc21. The third-order valence-corrected chi connectivity index (χ3v) is 12.1. The Morgan fingerprint density at radius 1 is 0.750 bits per heavy atom. The quantitative estimate of drug-likeness (QED) is 0.0789. The highest BCUT2D eigenvalue weighted by molar-refractivity contribution is 6.03. The summed E-state index contributed by atoms with van der Waals surface area (Å²) in [5, 5.41) is 2.99. The van der Waals surface area contributed by atoms with E-state index < -0.39 is 0 Å². The first-order valence-electron chi connectivity index (χ1n) is 22.4. The molecule has 1 aliphatic carbocycles. The number of hydrogen-bond acceptors (Lipinski definition) is 7. The van der Waals surface area contributed by atoms with Crippen LogP contribution in [0.25, 0.3) is 0 Å². The number of carbonyl (C=O) groups excluding carboxylic acids is 2. The van der Waals surface area contributed by atoms with E-state index in [1.807, 2.05) is 13.8 Å². The zero-order valence-corrected chi connectivity index (χ0v) is 37.7. The number of hydrogen-bond donors (Lipinski definition) is 1. The summed E-state index contributed by atoms with van der Waals surface area (Å²) >= 11 is 0. The van der Waals surface area contributed by atoms with Crippen molar-refractivity contribution < 1.29 is 33.1 Å². The Morgan fingerprint density at radius 3 is 2.10 bits per heavy atom. The third kappa shape index (κ3) is 12.9. The molecule has 1 amide bonds. The fraction of sp³-hybridized carbons (Fsp3) is 0.549. The molecule has 2 aliphatic heterocycles. The monoisotopic (exact) mass is 823 g/mol. The number of para-hydroxylation sites is 2. The van der Waals surface area contributed by atoms with Gasteiger partial charge in [-0.25, -0.2) is 0 Å². The number of benzene rings is 2. The molecule has 0 saturated carbocycles. The fourth-order valence-electron chi connectivity index (χ4n) is 8.50. The first kappa shape index (κ1) is 46.9. The number of allylic oxidation sites excluding steroid dienone is 8. The van der Waals surface area contributed by atoms with Crippen LogP contribution in [0, 0.1) is 5.92 Å². The van der Waals surface area contributed by atoms with Crippen molar-refractivity contribution in [2.75, 3.05) is 77.9 Å². The Hall–Kier alpha value is -4.15. The van der Waals surface area contributed by atoms with E-state index in [1.165, 1.54) is 45.1 Å². The summed E-state index contributed by atoms with van der Waals surface area (Å²) in [6.45, 7) is 18.3. The van der Waals surface area contributed by atoms with E-state index in [-0.39, 0.29) is 28.4 Å². The molecular weight excluding hydrogens is 751 g/mol. The molecule has 9 heteroatoms. The number of carbonyl (C=O) groups is 2. The molecule has 2 heterocycles. The zero-order valence-electron chi connectivity index (χ0n) is 37.7. The molecular formula is C51H72N3O6+. The number of ketones is 1. The van der Waals surface area contributed by atoms with Crippen LogP contribution >= 0.6 is 0 Å². The van der Waals surface area contributed by atoms with Crippen molar-refractivity contribution >= 4 is 28.8 Å². The number of unbranched alkanes of at least 4 members (excludes halogenated alkanes) is 2. The van der Waals surface area contributed by atoms with Gasteiger partial charge < -0.3 is 29.2 Å². The Morgan fingerprint density at radius 2 is 1.40 bits per heavy atom. The molecule has 2 aromatic carbocycles. The lowest BCUT2D eigenvalue weighted by Gasteiger charge is -2.27. The Labute approximate surface area is 360 Å². The minimum atomic E-state index is -0.102. The predicted molar refractivity (Wildman–Crippen MR) is 244 cm³/mol. The molecule has 0 fully saturated rings. The molecule has 0 saturated heterocycles. The van der Waals surface area contributed by atoms with Gasteiger partial charge >= 0.3 is 0 Å². The van der Waals surface area contributed by atoms with Gasteiger partial charge in [0.1, 0.15) is 12.8 Å². The predicted octanol–water partition coefficient (Wildman–Crippen LogP) is 9.33. The van der Waals surface area contributed by atoms with Crippen LogP contribution in [0.2, 0.25) is 0 Å². The van der Waals surface area contributed by atoms with E-state index >= 15 is 0 Å². The van der Waals surface area contributed by atoms with Gasteiger partial charge in [-0.3, -0.25) is 9.59 Å². The molecule has 0 spiro atoms. The van der Waals surface area contributed by atoms with E-state index in [0.29, 0.717) is 72.2 Å². The van der Waals surface area contributed by atoms with E-state index in [4.69, 9.17) is 18.9 Å². The minimum absolute atomic E-state index is 0.0282. The number of amides is 1. The summed E-state index contributed by atoms with van der Waals surface area (Å²) in [6, 6.07) is 17.6. The summed E-state index contributed by atoms with van der Waals surface area (Å²) in [7, 11) is 2.19. The normalized spacial score (nSPS) is 18.2. The molecule has 9 nitrogen and oxygen atoms in total. The van der Waals surface area contributed by atoms with Crippen LogP contribution in [-0.2, 0) is 39.4 Å². The molecule has 0 bridgehead atoms. The molecule has 0 radical (unpaired) electrons. The van der Waals surface area contributed by atoms with Crippen LogP contribution < -0.4 is 10.2 Å². The second-order valence-corrected chi connectivity index (χ2v) is 17.6. The summed E-state index contributed by atoms with van der Waals surface area (Å²) in [6.07, 6.45) is 19.0. The first-order chi connectivity index (χ1) is 28.9. The minimum Gasteiger partial charge on any atom is -0.379 e. The molecule has 2 aromatic rings. The van der Waals surface area contributed by atoms with Gasteiger partial charge in [-0.1, -0.05) is 88.7 Å². The van der Waals surface area contributed by atoms with Crippen molar-refractivity contribution in [1.82, 2.24) is 5.32 Å². The molecule has 3 aliphatic rings. The molecule has 60 heavy (non-hydrogen) atoms. The van der Waals surface area contributed by atoms with Crippen molar-refractivity contribution in [1.29, 1.82) is 0 Å².